The summed E-state index contributed by atoms with van der Waals surface area (Å²) < 4.78 is 7.79. The highest BCUT2D eigenvalue weighted by atomic mass is 35.5. The molecule has 1 unspecified atom stereocenters. The van der Waals surface area contributed by atoms with Crippen LogP contribution in [0.5, 0.6) is 5.75 Å². The third-order valence-electron chi connectivity index (χ3n) is 4.10. The molecule has 6 nitrogen and oxygen atoms in total. The van der Waals surface area contributed by atoms with E-state index in [1.807, 2.05) is 11.5 Å². The van der Waals surface area contributed by atoms with Crippen LogP contribution >= 0.6 is 46.6 Å². The number of hydrogen-bond donors (Lipinski definition) is 1. The number of amides is 1. The maximum atomic E-state index is 12.3. The van der Waals surface area contributed by atoms with Crippen molar-refractivity contribution in [2.45, 2.75) is 24.7 Å². The number of carbonyl (C=O) groups excluding carboxylic acids is 1. The van der Waals surface area contributed by atoms with Crippen LogP contribution in [-0.2, 0) is 11.3 Å². The van der Waals surface area contributed by atoms with Crippen molar-refractivity contribution in [1.82, 2.24) is 14.8 Å². The van der Waals surface area contributed by atoms with E-state index in [1.54, 1.807) is 48.5 Å². The van der Waals surface area contributed by atoms with Crippen LogP contribution in [0.25, 0.3) is 0 Å². The second-order valence-corrected chi connectivity index (χ2v) is 8.58. The number of ether oxygens (including phenoxy) is 1. The fourth-order valence-corrected chi connectivity index (χ4v) is 3.96. The molecule has 1 aromatic heterocycles. The first-order chi connectivity index (χ1) is 14.9. The average Bonchev–Trinajstić information content (AvgIpc) is 3.14. The Hall–Kier alpha value is -2.19. The minimum Gasteiger partial charge on any atom is -0.481 e. The quantitative estimate of drug-likeness (QED) is 0.278. The van der Waals surface area contributed by atoms with Gasteiger partial charge in [0.1, 0.15) is 5.75 Å². The van der Waals surface area contributed by atoms with Gasteiger partial charge in [-0.3, -0.25) is 9.36 Å². The maximum absolute atomic E-state index is 12.3. The molecule has 2 aromatic carbocycles. The Morgan fingerprint density at radius 3 is 2.74 bits per heavy atom. The molecule has 0 radical (unpaired) electrons. The largest absolute Gasteiger partial charge is 0.481 e. The summed E-state index contributed by atoms with van der Waals surface area (Å²) in [4.78, 5) is 12.3. The zero-order valence-electron chi connectivity index (χ0n) is 16.5. The molecular weight excluding hydrogens is 479 g/mol. The average molecular weight is 498 g/mol. The van der Waals surface area contributed by atoms with Crippen LogP contribution in [0, 0.1) is 0 Å². The second-order valence-electron chi connectivity index (χ2n) is 6.39. The van der Waals surface area contributed by atoms with E-state index in [-0.39, 0.29) is 11.7 Å². The summed E-state index contributed by atoms with van der Waals surface area (Å²) in [5, 5.41) is 13.2. The predicted octanol–water partition coefficient (Wildman–Crippen LogP) is 6.30. The van der Waals surface area contributed by atoms with Crippen LogP contribution in [0.15, 0.2) is 60.3 Å². The Kier molecular flexibility index (Phi) is 8.26. The van der Waals surface area contributed by atoms with Crippen LogP contribution < -0.4 is 10.1 Å². The lowest BCUT2D eigenvalue weighted by molar-refractivity contribution is -0.113. The van der Waals surface area contributed by atoms with Gasteiger partial charge in [-0.1, -0.05) is 64.8 Å². The molecule has 0 saturated carbocycles. The fraction of sp³-hybridized carbons (Fsp3) is 0.190. The highest BCUT2D eigenvalue weighted by molar-refractivity contribution is 7.99. The zero-order chi connectivity index (χ0) is 22.4. The van der Waals surface area contributed by atoms with Crippen molar-refractivity contribution < 1.29 is 9.53 Å². The van der Waals surface area contributed by atoms with Gasteiger partial charge in [0, 0.05) is 17.6 Å². The molecule has 0 saturated heterocycles. The number of rotatable bonds is 9. The highest BCUT2D eigenvalue weighted by Crippen LogP contribution is 2.32. The summed E-state index contributed by atoms with van der Waals surface area (Å²) in [7, 11) is 0. The van der Waals surface area contributed by atoms with Gasteiger partial charge in [0.15, 0.2) is 17.1 Å². The molecule has 0 fully saturated rings. The van der Waals surface area contributed by atoms with Gasteiger partial charge in [-0.25, -0.2) is 0 Å². The lowest BCUT2D eigenvalue weighted by Crippen LogP contribution is -2.15. The summed E-state index contributed by atoms with van der Waals surface area (Å²) in [5.41, 5.74) is 0.559. The van der Waals surface area contributed by atoms with E-state index in [0.717, 1.165) is 0 Å². The summed E-state index contributed by atoms with van der Waals surface area (Å²) in [6, 6.07) is 12.0. The van der Waals surface area contributed by atoms with Gasteiger partial charge in [-0.05, 0) is 31.2 Å². The van der Waals surface area contributed by atoms with Crippen LogP contribution in [0.3, 0.4) is 0 Å². The van der Waals surface area contributed by atoms with Crippen molar-refractivity contribution in [3.63, 3.8) is 0 Å². The molecule has 3 aromatic rings. The first-order valence-corrected chi connectivity index (χ1v) is 11.3. The van der Waals surface area contributed by atoms with Crippen molar-refractivity contribution >= 4 is 58.2 Å². The van der Waals surface area contributed by atoms with Gasteiger partial charge in [0.2, 0.25) is 5.91 Å². The van der Waals surface area contributed by atoms with Gasteiger partial charge < -0.3 is 10.1 Å². The summed E-state index contributed by atoms with van der Waals surface area (Å²) in [5.74, 6) is 0.950. The zero-order valence-corrected chi connectivity index (χ0v) is 19.6. The van der Waals surface area contributed by atoms with E-state index in [2.05, 4.69) is 22.1 Å². The molecule has 0 aliphatic rings. The Morgan fingerprint density at radius 1 is 1.23 bits per heavy atom. The number of nitrogens with zero attached hydrogens (tertiary/aromatic N) is 3. The second kappa shape index (κ2) is 10.9. The number of hydrogen-bond acceptors (Lipinski definition) is 5. The molecule has 1 heterocycles. The number of anilines is 1. The first kappa shape index (κ1) is 23.5. The lowest BCUT2D eigenvalue weighted by Gasteiger charge is -2.16. The van der Waals surface area contributed by atoms with Crippen molar-refractivity contribution in [3.05, 3.63) is 76.0 Å². The molecular formula is C21H19Cl3N4O2S. The predicted molar refractivity (Wildman–Crippen MR) is 127 cm³/mol. The van der Waals surface area contributed by atoms with Crippen LogP contribution in [0.1, 0.15) is 18.9 Å². The number of benzene rings is 2. The number of para-hydroxylation sites is 1. The molecule has 3 rings (SSSR count). The smallest absolute Gasteiger partial charge is 0.234 e. The van der Waals surface area contributed by atoms with Crippen molar-refractivity contribution in [3.8, 4) is 5.75 Å². The first-order valence-electron chi connectivity index (χ1n) is 9.22. The highest BCUT2D eigenvalue weighted by Gasteiger charge is 2.21. The maximum Gasteiger partial charge on any atom is 0.234 e. The molecule has 10 heteroatoms. The van der Waals surface area contributed by atoms with E-state index < -0.39 is 6.10 Å². The summed E-state index contributed by atoms with van der Waals surface area (Å²) >= 11 is 19.6. The van der Waals surface area contributed by atoms with Gasteiger partial charge in [0.05, 0.1) is 21.5 Å². The number of carbonyl (C=O) groups is 1. The minimum absolute atomic E-state index is 0.135. The molecule has 1 amide bonds. The van der Waals surface area contributed by atoms with Gasteiger partial charge in [0.25, 0.3) is 0 Å². The summed E-state index contributed by atoms with van der Waals surface area (Å²) in [6.45, 7) is 6.07. The lowest BCUT2D eigenvalue weighted by atomic mass is 10.3. The number of allylic oxidation sites excluding steroid dienone is 1. The minimum atomic E-state index is -0.463. The van der Waals surface area contributed by atoms with Crippen LogP contribution in [-0.4, -0.2) is 26.4 Å². The van der Waals surface area contributed by atoms with E-state index in [9.17, 15) is 4.79 Å². The molecule has 0 aliphatic carbocycles. The Labute approximate surface area is 199 Å². The Bertz CT molecular complexity index is 1090. The molecule has 162 valence electrons. The van der Waals surface area contributed by atoms with Gasteiger partial charge in [-0.2, -0.15) is 0 Å². The topological polar surface area (TPSA) is 69.0 Å². The van der Waals surface area contributed by atoms with Gasteiger partial charge in [-0.15, -0.1) is 16.8 Å². The SMILES string of the molecule is C=CCn1c(SCC(=O)Nc2ccccc2Cl)nnc1C(C)Oc1cc(Cl)ccc1Cl. The number of aromatic nitrogens is 3. The molecule has 1 N–H and O–H groups in total. The van der Waals surface area contributed by atoms with Gasteiger partial charge >= 0.3 is 0 Å². The van der Waals surface area contributed by atoms with E-state index in [0.29, 0.717) is 44.0 Å². The molecule has 0 bridgehead atoms. The van der Waals surface area contributed by atoms with E-state index in [4.69, 9.17) is 39.5 Å². The molecule has 31 heavy (non-hydrogen) atoms. The van der Waals surface area contributed by atoms with Crippen LogP contribution in [0.2, 0.25) is 15.1 Å². The Morgan fingerprint density at radius 2 is 2.00 bits per heavy atom. The summed E-state index contributed by atoms with van der Waals surface area (Å²) in [6.07, 6.45) is 1.26. The van der Waals surface area contributed by atoms with E-state index >= 15 is 0 Å². The van der Waals surface area contributed by atoms with Crippen molar-refractivity contribution in [1.29, 1.82) is 0 Å². The van der Waals surface area contributed by atoms with Crippen molar-refractivity contribution in [2.75, 3.05) is 11.1 Å². The third kappa shape index (κ3) is 6.17. The number of nitrogens with one attached hydrogen (secondary N) is 1. The molecule has 0 aliphatic heterocycles. The monoisotopic (exact) mass is 496 g/mol. The molecule has 0 spiro atoms. The normalized spacial score (nSPS) is 11.7. The molecule has 1 atom stereocenters. The third-order valence-corrected chi connectivity index (χ3v) is 5.94. The van der Waals surface area contributed by atoms with Crippen LogP contribution in [0.4, 0.5) is 5.69 Å². The number of halogens is 3. The number of thioether (sulfide) groups is 1. The standard InChI is InChI=1S/C21H19Cl3N4O2S/c1-3-10-28-20(13(2)30-18-11-14(22)8-9-16(18)24)26-27-21(28)31-12-19(29)25-17-7-5-4-6-15(17)23/h3-9,11,13H,1,10,12H2,2H3,(H,25,29). The van der Waals surface area contributed by atoms with Crippen molar-refractivity contribution in [2.24, 2.45) is 0 Å². The van der Waals surface area contributed by atoms with E-state index in [1.165, 1.54) is 11.8 Å². The fourth-order valence-electron chi connectivity index (χ4n) is 2.70. The Balaban J connectivity index is 1.70.